The first kappa shape index (κ1) is 12.2. The highest BCUT2D eigenvalue weighted by Crippen LogP contribution is 2.27. The van der Waals surface area contributed by atoms with Crippen LogP contribution in [0.15, 0.2) is 24.4 Å². The molecule has 94 valence electrons. The summed E-state index contributed by atoms with van der Waals surface area (Å²) < 4.78 is 52.5. The SMILES string of the molecule is Nc1ccc(Nc2c(F)c(F)cc(F)c2F)cn1. The lowest BCUT2D eigenvalue weighted by Crippen LogP contribution is -2.03. The van der Waals surface area contributed by atoms with Crippen molar-refractivity contribution in [3.8, 4) is 0 Å². The highest BCUT2D eigenvalue weighted by atomic mass is 19.2. The van der Waals surface area contributed by atoms with Gasteiger partial charge in [-0.25, -0.2) is 22.5 Å². The van der Waals surface area contributed by atoms with Gasteiger partial charge in [0, 0.05) is 6.07 Å². The van der Waals surface area contributed by atoms with E-state index in [9.17, 15) is 17.6 Å². The number of nitrogens with two attached hydrogens (primary N) is 1. The maximum atomic E-state index is 13.3. The van der Waals surface area contributed by atoms with E-state index in [0.717, 1.165) is 0 Å². The molecule has 1 aromatic heterocycles. The number of hydrogen-bond acceptors (Lipinski definition) is 3. The molecule has 0 aliphatic heterocycles. The van der Waals surface area contributed by atoms with Crippen molar-refractivity contribution < 1.29 is 17.6 Å². The number of rotatable bonds is 2. The van der Waals surface area contributed by atoms with Crippen LogP contribution in [0, 0.1) is 23.3 Å². The number of halogens is 4. The molecule has 0 bridgehead atoms. The predicted octanol–water partition coefficient (Wildman–Crippen LogP) is 2.96. The fourth-order valence-electron chi connectivity index (χ4n) is 1.31. The smallest absolute Gasteiger partial charge is 0.185 e. The molecule has 3 N–H and O–H groups in total. The summed E-state index contributed by atoms with van der Waals surface area (Å²) in [7, 11) is 0. The molecule has 0 saturated carbocycles. The Morgan fingerprint density at radius 3 is 2.11 bits per heavy atom. The van der Waals surface area contributed by atoms with Crippen molar-refractivity contribution in [1.29, 1.82) is 0 Å². The second-order valence-electron chi connectivity index (χ2n) is 3.44. The van der Waals surface area contributed by atoms with E-state index in [1.165, 1.54) is 18.3 Å². The zero-order chi connectivity index (χ0) is 13.3. The van der Waals surface area contributed by atoms with Crippen LogP contribution >= 0.6 is 0 Å². The van der Waals surface area contributed by atoms with Gasteiger partial charge in [0.25, 0.3) is 0 Å². The van der Waals surface area contributed by atoms with Crippen LogP contribution in [0.2, 0.25) is 0 Å². The number of nitrogens with zero attached hydrogens (tertiary/aromatic N) is 1. The van der Waals surface area contributed by atoms with Crippen LogP contribution in [0.5, 0.6) is 0 Å². The van der Waals surface area contributed by atoms with Crippen LogP contribution in [0.1, 0.15) is 0 Å². The predicted molar refractivity (Wildman–Crippen MR) is 58.2 cm³/mol. The molecule has 0 aliphatic rings. The fourth-order valence-corrected chi connectivity index (χ4v) is 1.31. The number of anilines is 3. The molecule has 0 aliphatic carbocycles. The molecule has 0 atom stereocenters. The first-order chi connectivity index (χ1) is 8.49. The molecule has 1 heterocycles. The number of pyridine rings is 1. The van der Waals surface area contributed by atoms with Crippen LogP contribution in [-0.2, 0) is 0 Å². The Morgan fingerprint density at radius 1 is 1.00 bits per heavy atom. The first-order valence-electron chi connectivity index (χ1n) is 4.80. The molecule has 0 spiro atoms. The lowest BCUT2D eigenvalue weighted by Gasteiger charge is -2.09. The third kappa shape index (κ3) is 2.20. The monoisotopic (exact) mass is 257 g/mol. The van der Waals surface area contributed by atoms with E-state index in [-0.39, 0.29) is 17.6 Å². The summed E-state index contributed by atoms with van der Waals surface area (Å²) in [4.78, 5) is 3.66. The molecule has 0 unspecified atom stereocenters. The standard InChI is InChI=1S/C11H7F4N3/c12-6-3-7(13)10(15)11(9(6)14)18-5-1-2-8(16)17-4-5/h1-4,18H,(H2,16,17). The summed E-state index contributed by atoms with van der Waals surface area (Å²) in [5.41, 5.74) is 4.55. The van der Waals surface area contributed by atoms with Crippen molar-refractivity contribution in [2.24, 2.45) is 0 Å². The molecule has 2 aromatic rings. The molecule has 7 heteroatoms. The lowest BCUT2D eigenvalue weighted by atomic mass is 10.2. The van der Waals surface area contributed by atoms with Gasteiger partial charge in [-0.05, 0) is 12.1 Å². The summed E-state index contributed by atoms with van der Waals surface area (Å²) in [6.45, 7) is 0. The normalized spacial score (nSPS) is 10.4. The van der Waals surface area contributed by atoms with E-state index in [0.29, 0.717) is 0 Å². The first-order valence-corrected chi connectivity index (χ1v) is 4.80. The third-order valence-corrected chi connectivity index (χ3v) is 2.17. The molecular weight excluding hydrogens is 250 g/mol. The Hall–Kier alpha value is -2.31. The van der Waals surface area contributed by atoms with Gasteiger partial charge < -0.3 is 11.1 Å². The zero-order valence-electron chi connectivity index (χ0n) is 8.85. The van der Waals surface area contributed by atoms with Crippen LogP contribution in [0.3, 0.4) is 0 Å². The average molecular weight is 257 g/mol. The summed E-state index contributed by atoms with van der Waals surface area (Å²) in [5, 5.41) is 2.20. The van der Waals surface area contributed by atoms with Gasteiger partial charge in [0.05, 0.1) is 11.9 Å². The van der Waals surface area contributed by atoms with Crippen molar-refractivity contribution in [2.75, 3.05) is 11.1 Å². The average Bonchev–Trinajstić information content (AvgIpc) is 2.34. The Kier molecular flexibility index (Phi) is 3.05. The van der Waals surface area contributed by atoms with Gasteiger partial charge in [0.1, 0.15) is 11.5 Å². The van der Waals surface area contributed by atoms with Gasteiger partial charge in [-0.2, -0.15) is 0 Å². The minimum atomic E-state index is -1.51. The maximum Gasteiger partial charge on any atom is 0.185 e. The lowest BCUT2D eigenvalue weighted by molar-refractivity contribution is 0.459. The number of hydrogen-bond donors (Lipinski definition) is 2. The Labute approximate surface area is 99.3 Å². The molecule has 2 rings (SSSR count). The molecule has 0 amide bonds. The van der Waals surface area contributed by atoms with Crippen molar-refractivity contribution in [1.82, 2.24) is 4.98 Å². The van der Waals surface area contributed by atoms with Crippen molar-refractivity contribution in [2.45, 2.75) is 0 Å². The number of aromatic nitrogens is 1. The second kappa shape index (κ2) is 4.52. The molecule has 1 aromatic carbocycles. The van der Waals surface area contributed by atoms with E-state index in [1.807, 2.05) is 0 Å². The van der Waals surface area contributed by atoms with Crippen LogP contribution in [-0.4, -0.2) is 4.98 Å². The summed E-state index contributed by atoms with van der Waals surface area (Å²) in [6.07, 6.45) is 1.18. The highest BCUT2D eigenvalue weighted by molar-refractivity contribution is 5.61. The van der Waals surface area contributed by atoms with Gasteiger partial charge in [0.2, 0.25) is 0 Å². The third-order valence-electron chi connectivity index (χ3n) is 2.17. The van der Waals surface area contributed by atoms with Crippen molar-refractivity contribution in [3.05, 3.63) is 47.7 Å². The van der Waals surface area contributed by atoms with E-state index < -0.39 is 29.0 Å². The minimum absolute atomic E-state index is 0.136. The van der Waals surface area contributed by atoms with E-state index in [1.54, 1.807) is 0 Å². The molecule has 18 heavy (non-hydrogen) atoms. The van der Waals surface area contributed by atoms with Crippen LogP contribution in [0.25, 0.3) is 0 Å². The van der Waals surface area contributed by atoms with E-state index in [2.05, 4.69) is 10.3 Å². The molecule has 0 radical (unpaired) electrons. The number of benzene rings is 1. The highest BCUT2D eigenvalue weighted by Gasteiger charge is 2.19. The zero-order valence-corrected chi connectivity index (χ0v) is 8.85. The molecule has 0 fully saturated rings. The van der Waals surface area contributed by atoms with Crippen molar-refractivity contribution in [3.63, 3.8) is 0 Å². The maximum absolute atomic E-state index is 13.3. The Morgan fingerprint density at radius 2 is 1.61 bits per heavy atom. The number of nitrogens with one attached hydrogen (secondary N) is 1. The quantitative estimate of drug-likeness (QED) is 0.642. The fraction of sp³-hybridized carbons (Fsp3) is 0. The second-order valence-corrected chi connectivity index (χ2v) is 3.44. The van der Waals surface area contributed by atoms with E-state index >= 15 is 0 Å². The largest absolute Gasteiger partial charge is 0.384 e. The summed E-state index contributed by atoms with van der Waals surface area (Å²) in [6, 6.07) is 2.87. The summed E-state index contributed by atoms with van der Waals surface area (Å²) >= 11 is 0. The topological polar surface area (TPSA) is 50.9 Å². The van der Waals surface area contributed by atoms with Crippen LogP contribution < -0.4 is 11.1 Å². The van der Waals surface area contributed by atoms with Gasteiger partial charge >= 0.3 is 0 Å². The van der Waals surface area contributed by atoms with Gasteiger partial charge in [0.15, 0.2) is 23.3 Å². The minimum Gasteiger partial charge on any atom is -0.384 e. The number of nitrogen functional groups attached to an aromatic ring is 1. The van der Waals surface area contributed by atoms with Gasteiger partial charge in [-0.3, -0.25) is 0 Å². The summed E-state index contributed by atoms with van der Waals surface area (Å²) in [5.74, 6) is -5.79. The van der Waals surface area contributed by atoms with Crippen LogP contribution in [0.4, 0.5) is 34.8 Å². The van der Waals surface area contributed by atoms with Gasteiger partial charge in [-0.15, -0.1) is 0 Å². The molecule has 0 saturated heterocycles. The molecule has 3 nitrogen and oxygen atoms in total. The Bertz CT molecular complexity index is 558. The Balaban J connectivity index is 2.42. The molecular formula is C11H7F4N3. The van der Waals surface area contributed by atoms with Gasteiger partial charge in [-0.1, -0.05) is 0 Å². The van der Waals surface area contributed by atoms with Crippen molar-refractivity contribution >= 4 is 17.2 Å². The van der Waals surface area contributed by atoms with E-state index in [4.69, 9.17) is 5.73 Å².